The van der Waals surface area contributed by atoms with E-state index in [2.05, 4.69) is 19.4 Å². The molecule has 1 N–H and O–H groups in total. The Balaban J connectivity index is 1.06. The van der Waals surface area contributed by atoms with Gasteiger partial charge < -0.3 is 23.9 Å². The second-order valence-corrected chi connectivity index (χ2v) is 10.5. The highest BCUT2D eigenvalue weighted by atomic mass is 19.1. The molecule has 0 spiro atoms. The Labute approximate surface area is 245 Å². The number of rotatable bonds is 10. The smallest absolute Gasteiger partial charge is 0.335 e. The molecular formula is C30H28F2N6O5. The van der Waals surface area contributed by atoms with E-state index < -0.39 is 23.2 Å². The first-order chi connectivity index (χ1) is 20.9. The fraction of sp³-hybridized carbons (Fsp3) is 0.367. The van der Waals surface area contributed by atoms with E-state index in [4.69, 9.17) is 24.5 Å². The van der Waals surface area contributed by atoms with Crippen LogP contribution >= 0.6 is 0 Å². The van der Waals surface area contributed by atoms with Crippen LogP contribution in [0.1, 0.15) is 46.8 Å². The average Bonchev–Trinajstić information content (AvgIpc) is 3.32. The summed E-state index contributed by atoms with van der Waals surface area (Å²) in [5.41, 5.74) is 1.37. The maximum absolute atomic E-state index is 14.1. The van der Waals surface area contributed by atoms with Crippen molar-refractivity contribution in [3.63, 3.8) is 0 Å². The van der Waals surface area contributed by atoms with Crippen molar-refractivity contribution in [2.45, 2.75) is 51.2 Å². The van der Waals surface area contributed by atoms with Crippen LogP contribution in [0.25, 0.3) is 11.0 Å². The monoisotopic (exact) mass is 590 g/mol. The fourth-order valence-corrected chi connectivity index (χ4v) is 5.20. The zero-order valence-corrected chi connectivity index (χ0v) is 23.1. The number of carboxylic acid groups (broad SMARTS) is 1. The van der Waals surface area contributed by atoms with E-state index in [0.717, 1.165) is 67.9 Å². The van der Waals surface area contributed by atoms with E-state index in [1.807, 2.05) is 0 Å². The fourth-order valence-electron chi connectivity index (χ4n) is 5.20. The number of aromatic carboxylic acids is 1. The summed E-state index contributed by atoms with van der Waals surface area (Å²) in [7, 11) is 0. The van der Waals surface area contributed by atoms with Crippen LogP contribution in [-0.2, 0) is 24.4 Å². The molecule has 222 valence electrons. The molecule has 0 saturated carbocycles. The number of piperidine rings is 1. The predicted octanol–water partition coefficient (Wildman–Crippen LogP) is 4.09. The Morgan fingerprint density at radius 3 is 2.65 bits per heavy atom. The van der Waals surface area contributed by atoms with Gasteiger partial charge in [-0.1, -0.05) is 0 Å². The Morgan fingerprint density at radius 1 is 1.12 bits per heavy atom. The van der Waals surface area contributed by atoms with Gasteiger partial charge in [0.25, 0.3) is 0 Å². The van der Waals surface area contributed by atoms with Crippen LogP contribution in [0.4, 0.5) is 8.78 Å². The number of hydrogen-bond acceptors (Lipinski definition) is 9. The predicted molar refractivity (Wildman–Crippen MR) is 147 cm³/mol. The number of halogens is 2. The number of carboxylic acids is 1. The van der Waals surface area contributed by atoms with Crippen molar-refractivity contribution in [3.05, 3.63) is 77.0 Å². The third kappa shape index (κ3) is 6.40. The number of carbonyl (C=O) groups is 1. The Bertz CT molecular complexity index is 1690. The first-order valence-corrected chi connectivity index (χ1v) is 13.9. The molecule has 11 nitrogen and oxygen atoms in total. The number of imidazole rings is 1. The summed E-state index contributed by atoms with van der Waals surface area (Å²) < 4.78 is 47.2. The number of likely N-dealkylation sites (tertiary alicyclic amines) is 1. The lowest BCUT2D eigenvalue weighted by molar-refractivity contribution is -0.0592. The molecule has 2 fully saturated rings. The standard InChI is InChI=1S/C30H28F2N6O5/c31-22-13-26(23(32)11-19(22)14-33)42-17-27-34-7-3-29(36-27)43-20-4-8-37(9-5-20)16-28-35-24-2-1-18(30(39)40)12-25(24)38(28)15-21-6-10-41-21/h1-3,7,11-13,20-21H,4-6,8-10,15-17H2,(H,39,40). The molecule has 0 aliphatic carbocycles. The number of benzene rings is 2. The number of fused-ring (bicyclic) bond motifs is 1. The minimum atomic E-state index is -0.975. The molecule has 2 aliphatic heterocycles. The minimum absolute atomic E-state index is 0.0784. The molecule has 2 saturated heterocycles. The average molecular weight is 591 g/mol. The van der Waals surface area contributed by atoms with Crippen LogP contribution in [-0.4, -0.2) is 67.4 Å². The van der Waals surface area contributed by atoms with E-state index in [1.54, 1.807) is 30.3 Å². The van der Waals surface area contributed by atoms with Crippen molar-refractivity contribution in [3.8, 4) is 17.7 Å². The molecule has 1 atom stereocenters. The number of aromatic nitrogens is 4. The summed E-state index contributed by atoms with van der Waals surface area (Å²) in [5, 5.41) is 18.3. The third-order valence-electron chi connectivity index (χ3n) is 7.62. The van der Waals surface area contributed by atoms with Gasteiger partial charge in [-0.15, -0.1) is 0 Å². The zero-order chi connectivity index (χ0) is 29.9. The topological polar surface area (TPSA) is 136 Å². The van der Waals surface area contributed by atoms with Gasteiger partial charge in [0.2, 0.25) is 5.88 Å². The Morgan fingerprint density at radius 2 is 1.93 bits per heavy atom. The van der Waals surface area contributed by atoms with Crippen molar-refractivity contribution in [1.82, 2.24) is 24.4 Å². The van der Waals surface area contributed by atoms with Crippen molar-refractivity contribution in [1.29, 1.82) is 5.26 Å². The molecule has 0 amide bonds. The molecular weight excluding hydrogens is 562 g/mol. The molecule has 6 rings (SSSR count). The van der Waals surface area contributed by atoms with Crippen LogP contribution in [0, 0.1) is 23.0 Å². The molecule has 0 bridgehead atoms. The quantitative estimate of drug-likeness (QED) is 0.288. The summed E-state index contributed by atoms with van der Waals surface area (Å²) in [6.07, 6.45) is 3.99. The molecule has 43 heavy (non-hydrogen) atoms. The summed E-state index contributed by atoms with van der Waals surface area (Å²) in [5.74, 6) is -1.58. The van der Waals surface area contributed by atoms with Crippen LogP contribution in [0.2, 0.25) is 0 Å². The van der Waals surface area contributed by atoms with Crippen LogP contribution in [0.5, 0.6) is 11.6 Å². The summed E-state index contributed by atoms with van der Waals surface area (Å²) in [6, 6.07) is 9.82. The lowest BCUT2D eigenvalue weighted by Gasteiger charge is -2.32. The van der Waals surface area contributed by atoms with Crippen molar-refractivity contribution >= 4 is 17.0 Å². The van der Waals surface area contributed by atoms with Gasteiger partial charge >= 0.3 is 5.97 Å². The van der Waals surface area contributed by atoms with Crippen LogP contribution < -0.4 is 9.47 Å². The second-order valence-electron chi connectivity index (χ2n) is 10.5. The van der Waals surface area contributed by atoms with Crippen molar-refractivity contribution in [2.24, 2.45) is 0 Å². The molecule has 2 aromatic carbocycles. The van der Waals surface area contributed by atoms with Gasteiger partial charge in [-0.2, -0.15) is 10.2 Å². The molecule has 4 heterocycles. The highest BCUT2D eigenvalue weighted by Gasteiger charge is 2.26. The van der Waals surface area contributed by atoms with Gasteiger partial charge in [0.1, 0.15) is 30.4 Å². The first kappa shape index (κ1) is 28.4. The number of nitriles is 1. The zero-order valence-electron chi connectivity index (χ0n) is 23.1. The van der Waals surface area contributed by atoms with Crippen molar-refractivity contribution < 1.29 is 32.9 Å². The summed E-state index contributed by atoms with van der Waals surface area (Å²) >= 11 is 0. The van der Waals surface area contributed by atoms with E-state index in [9.17, 15) is 18.7 Å². The molecule has 4 aromatic rings. The molecule has 13 heteroatoms. The van der Waals surface area contributed by atoms with Gasteiger partial charge in [0.05, 0.1) is 41.4 Å². The maximum atomic E-state index is 14.1. The lowest BCUT2D eigenvalue weighted by atomic mass is 10.1. The van der Waals surface area contributed by atoms with Gasteiger partial charge in [0.15, 0.2) is 17.4 Å². The third-order valence-corrected chi connectivity index (χ3v) is 7.62. The number of nitrogens with zero attached hydrogens (tertiary/aromatic N) is 6. The molecule has 2 aliphatic rings. The lowest BCUT2D eigenvalue weighted by Crippen LogP contribution is -2.39. The Kier molecular flexibility index (Phi) is 8.13. The largest absolute Gasteiger partial charge is 0.482 e. The molecule has 2 aromatic heterocycles. The van der Waals surface area contributed by atoms with E-state index in [0.29, 0.717) is 19.0 Å². The molecule has 1 unspecified atom stereocenters. The van der Waals surface area contributed by atoms with Gasteiger partial charge in [-0.05, 0) is 43.5 Å². The number of hydrogen-bond donors (Lipinski definition) is 1. The van der Waals surface area contributed by atoms with Gasteiger partial charge in [0, 0.05) is 38.0 Å². The Hall–Kier alpha value is -4.67. The second kappa shape index (κ2) is 12.3. The summed E-state index contributed by atoms with van der Waals surface area (Å²) in [6.45, 7) is 3.28. The van der Waals surface area contributed by atoms with Crippen molar-refractivity contribution in [2.75, 3.05) is 19.7 Å². The van der Waals surface area contributed by atoms with Crippen LogP contribution in [0.15, 0.2) is 42.6 Å². The summed E-state index contributed by atoms with van der Waals surface area (Å²) in [4.78, 5) is 27.1. The van der Waals surface area contributed by atoms with E-state index in [1.165, 1.54) is 6.20 Å². The van der Waals surface area contributed by atoms with Gasteiger partial charge in [-0.25, -0.2) is 23.5 Å². The highest BCUT2D eigenvalue weighted by Crippen LogP contribution is 2.26. The van der Waals surface area contributed by atoms with E-state index in [-0.39, 0.29) is 36.0 Å². The maximum Gasteiger partial charge on any atom is 0.335 e. The van der Waals surface area contributed by atoms with E-state index >= 15 is 0 Å². The SMILES string of the molecule is N#Cc1cc(F)c(OCc2nccc(OC3CCN(Cc4nc5ccc(C(=O)O)cc5n4CC4CCO4)CC3)n2)cc1F. The minimum Gasteiger partial charge on any atom is -0.482 e. The first-order valence-electron chi connectivity index (χ1n) is 13.9. The van der Waals surface area contributed by atoms with Crippen LogP contribution in [0.3, 0.4) is 0 Å². The number of ether oxygens (including phenoxy) is 3. The normalized spacial score (nSPS) is 17.4. The molecule has 0 radical (unpaired) electrons. The van der Waals surface area contributed by atoms with Gasteiger partial charge in [-0.3, -0.25) is 4.90 Å². The highest BCUT2D eigenvalue weighted by molar-refractivity contribution is 5.92.